The second-order valence-corrected chi connectivity index (χ2v) is 9.29. The van der Waals surface area contributed by atoms with E-state index in [1.807, 2.05) is 26.0 Å². The number of aryl methyl sites for hydroxylation is 1. The van der Waals surface area contributed by atoms with Gasteiger partial charge >= 0.3 is 0 Å². The molecule has 30 heavy (non-hydrogen) atoms. The van der Waals surface area contributed by atoms with E-state index in [-0.39, 0.29) is 29.0 Å². The quantitative estimate of drug-likeness (QED) is 0.702. The van der Waals surface area contributed by atoms with E-state index in [0.29, 0.717) is 17.9 Å². The van der Waals surface area contributed by atoms with Crippen LogP contribution in [0.25, 0.3) is 0 Å². The molecule has 0 fully saturated rings. The second kappa shape index (κ2) is 8.65. The van der Waals surface area contributed by atoms with Crippen LogP contribution in [0.1, 0.15) is 46.5 Å². The minimum atomic E-state index is -3.67. The van der Waals surface area contributed by atoms with Gasteiger partial charge in [0.25, 0.3) is 5.91 Å². The van der Waals surface area contributed by atoms with Crippen molar-refractivity contribution in [2.45, 2.75) is 51.7 Å². The maximum Gasteiger partial charge on any atom is 0.251 e. The van der Waals surface area contributed by atoms with Crippen LogP contribution < -0.4 is 19.5 Å². The number of sulfonamides is 1. The molecule has 1 aliphatic heterocycles. The number of hydrogen-bond donors (Lipinski definition) is 2. The molecule has 0 spiro atoms. The van der Waals surface area contributed by atoms with Crippen LogP contribution in [-0.2, 0) is 23.0 Å². The fraction of sp³-hybridized carbons (Fsp3) is 0.409. The SMILES string of the molecule is CCOc1cc2c(cc1CNC(=O)c1cc(C)c(C)c(S(=O)(=O)NC)c1)O[C@@H](C)C2. The lowest BCUT2D eigenvalue weighted by Crippen LogP contribution is -2.25. The molecule has 1 heterocycles. The highest BCUT2D eigenvalue weighted by Crippen LogP contribution is 2.35. The molecule has 8 heteroatoms. The van der Waals surface area contributed by atoms with Gasteiger partial charge in [-0.05, 0) is 70.1 Å². The van der Waals surface area contributed by atoms with E-state index in [4.69, 9.17) is 9.47 Å². The molecule has 1 aliphatic rings. The number of carbonyl (C=O) groups is 1. The first-order valence-corrected chi connectivity index (χ1v) is 11.4. The number of ether oxygens (including phenoxy) is 2. The molecule has 2 aromatic rings. The molecule has 2 aromatic carbocycles. The Hall–Kier alpha value is -2.58. The van der Waals surface area contributed by atoms with Crippen LogP contribution in [0, 0.1) is 13.8 Å². The van der Waals surface area contributed by atoms with Crippen LogP contribution in [0.4, 0.5) is 0 Å². The molecule has 0 saturated heterocycles. The summed E-state index contributed by atoms with van der Waals surface area (Å²) in [5.41, 5.74) is 3.54. The molecule has 0 aliphatic carbocycles. The summed E-state index contributed by atoms with van der Waals surface area (Å²) in [5.74, 6) is 1.17. The van der Waals surface area contributed by atoms with Gasteiger partial charge in [-0.3, -0.25) is 4.79 Å². The van der Waals surface area contributed by atoms with Crippen molar-refractivity contribution in [3.8, 4) is 11.5 Å². The molecular formula is C22H28N2O5S. The van der Waals surface area contributed by atoms with Gasteiger partial charge in [-0.25, -0.2) is 13.1 Å². The van der Waals surface area contributed by atoms with E-state index in [1.54, 1.807) is 19.9 Å². The van der Waals surface area contributed by atoms with Gasteiger partial charge in [-0.1, -0.05) is 0 Å². The normalized spacial score (nSPS) is 15.4. The lowest BCUT2D eigenvalue weighted by Gasteiger charge is -2.15. The highest BCUT2D eigenvalue weighted by Gasteiger charge is 2.23. The van der Waals surface area contributed by atoms with E-state index in [1.165, 1.54) is 13.1 Å². The summed E-state index contributed by atoms with van der Waals surface area (Å²) in [7, 11) is -2.32. The van der Waals surface area contributed by atoms with E-state index >= 15 is 0 Å². The Morgan fingerprint density at radius 1 is 1.23 bits per heavy atom. The summed E-state index contributed by atoms with van der Waals surface area (Å²) in [4.78, 5) is 12.9. The lowest BCUT2D eigenvalue weighted by molar-refractivity contribution is 0.0950. The van der Waals surface area contributed by atoms with Gasteiger partial charge < -0.3 is 14.8 Å². The van der Waals surface area contributed by atoms with Crippen molar-refractivity contribution in [2.24, 2.45) is 0 Å². The van der Waals surface area contributed by atoms with Gasteiger partial charge in [-0.2, -0.15) is 0 Å². The number of nitrogens with one attached hydrogen (secondary N) is 2. The van der Waals surface area contributed by atoms with E-state index in [0.717, 1.165) is 28.9 Å². The average molecular weight is 433 g/mol. The first-order chi connectivity index (χ1) is 14.2. The summed E-state index contributed by atoms with van der Waals surface area (Å²) < 4.78 is 38.5. The van der Waals surface area contributed by atoms with Crippen molar-refractivity contribution < 1.29 is 22.7 Å². The van der Waals surface area contributed by atoms with E-state index in [9.17, 15) is 13.2 Å². The maximum atomic E-state index is 12.8. The molecule has 1 amide bonds. The van der Waals surface area contributed by atoms with Crippen LogP contribution in [0.15, 0.2) is 29.2 Å². The minimum Gasteiger partial charge on any atom is -0.494 e. The third kappa shape index (κ3) is 4.44. The fourth-order valence-corrected chi connectivity index (χ4v) is 4.60. The summed E-state index contributed by atoms with van der Waals surface area (Å²) in [6, 6.07) is 6.97. The zero-order valence-corrected chi connectivity index (χ0v) is 18.8. The zero-order valence-electron chi connectivity index (χ0n) is 18.0. The van der Waals surface area contributed by atoms with Gasteiger partial charge in [0.1, 0.15) is 17.6 Å². The summed E-state index contributed by atoms with van der Waals surface area (Å²) in [6.07, 6.45) is 0.940. The Kier molecular flexibility index (Phi) is 6.38. The molecule has 162 valence electrons. The molecule has 0 radical (unpaired) electrons. The van der Waals surface area contributed by atoms with Crippen molar-refractivity contribution in [3.05, 3.63) is 52.1 Å². The molecular weight excluding hydrogens is 404 g/mol. The molecule has 1 atom stereocenters. The van der Waals surface area contributed by atoms with Crippen molar-refractivity contribution in [1.29, 1.82) is 0 Å². The Morgan fingerprint density at radius 2 is 1.97 bits per heavy atom. The van der Waals surface area contributed by atoms with Crippen LogP contribution in [-0.4, -0.2) is 34.1 Å². The third-order valence-corrected chi connectivity index (χ3v) is 6.80. The number of carbonyl (C=O) groups excluding carboxylic acids is 1. The molecule has 0 aromatic heterocycles. The zero-order chi connectivity index (χ0) is 22.1. The summed E-state index contributed by atoms with van der Waals surface area (Å²) in [5, 5.41) is 2.87. The highest BCUT2D eigenvalue weighted by molar-refractivity contribution is 7.89. The summed E-state index contributed by atoms with van der Waals surface area (Å²) in [6.45, 7) is 8.18. The lowest BCUT2D eigenvalue weighted by atomic mass is 10.0. The number of benzene rings is 2. The van der Waals surface area contributed by atoms with Gasteiger partial charge in [-0.15, -0.1) is 0 Å². The van der Waals surface area contributed by atoms with Crippen molar-refractivity contribution in [1.82, 2.24) is 10.0 Å². The number of rotatable bonds is 7. The van der Waals surface area contributed by atoms with Gasteiger partial charge in [0.05, 0.1) is 11.5 Å². The summed E-state index contributed by atoms with van der Waals surface area (Å²) >= 11 is 0. The van der Waals surface area contributed by atoms with Crippen LogP contribution >= 0.6 is 0 Å². The van der Waals surface area contributed by atoms with Crippen molar-refractivity contribution >= 4 is 15.9 Å². The van der Waals surface area contributed by atoms with Crippen LogP contribution in [0.3, 0.4) is 0 Å². The largest absolute Gasteiger partial charge is 0.494 e. The van der Waals surface area contributed by atoms with E-state index < -0.39 is 10.0 Å². The minimum absolute atomic E-state index is 0.102. The Labute approximate surface area is 177 Å². The predicted octanol–water partition coefficient (Wildman–Crippen LogP) is 2.86. The molecule has 0 unspecified atom stereocenters. The van der Waals surface area contributed by atoms with Gasteiger partial charge in [0.2, 0.25) is 10.0 Å². The van der Waals surface area contributed by atoms with Crippen molar-refractivity contribution in [2.75, 3.05) is 13.7 Å². The standard InChI is InChI=1S/C22H28N2O5S/c1-6-28-19-9-16-8-14(3)29-20(16)10-18(19)12-24-22(25)17-7-13(2)15(4)21(11-17)30(26,27)23-5/h7,9-11,14,23H,6,8,12H2,1-5H3,(H,24,25)/t14-/m0/s1. The smallest absolute Gasteiger partial charge is 0.251 e. The van der Waals surface area contributed by atoms with Gasteiger partial charge in [0.15, 0.2) is 0 Å². The van der Waals surface area contributed by atoms with Crippen LogP contribution in [0.5, 0.6) is 11.5 Å². The Balaban J connectivity index is 1.85. The molecule has 2 N–H and O–H groups in total. The topological polar surface area (TPSA) is 93.7 Å². The number of amides is 1. The maximum absolute atomic E-state index is 12.8. The molecule has 0 bridgehead atoms. The number of hydrogen-bond acceptors (Lipinski definition) is 5. The molecule has 7 nitrogen and oxygen atoms in total. The first kappa shape index (κ1) is 22.1. The van der Waals surface area contributed by atoms with Crippen LogP contribution in [0.2, 0.25) is 0 Å². The van der Waals surface area contributed by atoms with Gasteiger partial charge in [0, 0.05) is 29.7 Å². The second-order valence-electron chi connectivity index (χ2n) is 7.44. The number of fused-ring (bicyclic) bond motifs is 1. The molecule has 3 rings (SSSR count). The highest BCUT2D eigenvalue weighted by atomic mass is 32.2. The molecule has 0 saturated carbocycles. The average Bonchev–Trinajstić information content (AvgIpc) is 3.06. The predicted molar refractivity (Wildman–Crippen MR) is 115 cm³/mol. The Morgan fingerprint density at radius 3 is 2.63 bits per heavy atom. The Bertz CT molecular complexity index is 1080. The fourth-order valence-electron chi connectivity index (χ4n) is 3.53. The van der Waals surface area contributed by atoms with Crippen molar-refractivity contribution in [3.63, 3.8) is 0 Å². The monoisotopic (exact) mass is 432 g/mol. The first-order valence-electron chi connectivity index (χ1n) is 9.94. The van der Waals surface area contributed by atoms with E-state index in [2.05, 4.69) is 10.0 Å². The third-order valence-electron chi connectivity index (χ3n) is 5.26.